The van der Waals surface area contributed by atoms with Crippen molar-refractivity contribution in [1.82, 2.24) is 4.98 Å². The van der Waals surface area contributed by atoms with E-state index in [-0.39, 0.29) is 11.4 Å². The van der Waals surface area contributed by atoms with Gasteiger partial charge in [-0.3, -0.25) is 14.4 Å². The Morgan fingerprint density at radius 3 is 2.39 bits per heavy atom. The lowest BCUT2D eigenvalue weighted by Gasteiger charge is -2.23. The number of anilines is 2. The number of amides is 1. The number of carbonyl (C=O) groups excluding carboxylic acids is 2. The molecule has 0 aliphatic rings. The number of hydrogen-bond donors (Lipinski definition) is 1. The number of hydrogen-bond acceptors (Lipinski definition) is 8. The second kappa shape index (κ2) is 11.3. The average molecular weight is 554 g/mol. The van der Waals surface area contributed by atoms with E-state index in [0.29, 0.717) is 16.6 Å². The van der Waals surface area contributed by atoms with Crippen molar-refractivity contribution in [2.24, 2.45) is 0 Å². The number of halogens is 1. The van der Waals surface area contributed by atoms with Crippen molar-refractivity contribution in [2.45, 2.75) is 11.8 Å². The molecular weight excluding hydrogens is 534 g/mol. The van der Waals surface area contributed by atoms with Crippen LogP contribution in [0.5, 0.6) is 5.75 Å². The van der Waals surface area contributed by atoms with Gasteiger partial charge in [0.05, 0.1) is 20.6 Å². The Kier molecular flexibility index (Phi) is 8.42. The standard InChI is InChI=1S/C21H20BrN3O6S2/c1-2-25(33(28,29)17-6-4-3-5-7-17)15-8-10-16(11-9-15)30-14-20(27)31-13-19(26)24-21-23-12-18(22)32-21/h3-12H,2,13-14H2,1H3,(H,23,24,26). The third kappa shape index (κ3) is 6.76. The van der Waals surface area contributed by atoms with E-state index in [1.54, 1.807) is 55.6 Å². The first-order valence-corrected chi connectivity index (χ1v) is 12.7. The molecule has 174 valence electrons. The van der Waals surface area contributed by atoms with Gasteiger partial charge in [-0.05, 0) is 59.3 Å². The average Bonchev–Trinajstić information content (AvgIpc) is 3.22. The lowest BCUT2D eigenvalue weighted by atomic mass is 10.3. The van der Waals surface area contributed by atoms with Crippen LogP contribution in [-0.2, 0) is 24.3 Å². The van der Waals surface area contributed by atoms with Gasteiger partial charge < -0.3 is 9.47 Å². The molecule has 0 aliphatic heterocycles. The number of esters is 1. The summed E-state index contributed by atoms with van der Waals surface area (Å²) in [6, 6.07) is 14.4. The number of aromatic nitrogens is 1. The fraction of sp³-hybridized carbons (Fsp3) is 0.190. The topological polar surface area (TPSA) is 115 Å². The van der Waals surface area contributed by atoms with E-state index in [4.69, 9.17) is 9.47 Å². The van der Waals surface area contributed by atoms with Crippen LogP contribution in [0.4, 0.5) is 10.8 Å². The Morgan fingerprint density at radius 2 is 1.79 bits per heavy atom. The molecule has 9 nitrogen and oxygen atoms in total. The first kappa shape index (κ1) is 24.7. The number of benzene rings is 2. The fourth-order valence-corrected chi connectivity index (χ4v) is 5.33. The van der Waals surface area contributed by atoms with Crippen molar-refractivity contribution in [3.8, 4) is 5.75 Å². The van der Waals surface area contributed by atoms with Gasteiger partial charge in [-0.2, -0.15) is 0 Å². The zero-order chi connectivity index (χ0) is 23.8. The van der Waals surface area contributed by atoms with Crippen molar-refractivity contribution in [3.05, 3.63) is 64.6 Å². The van der Waals surface area contributed by atoms with Gasteiger partial charge in [0.15, 0.2) is 18.3 Å². The third-order valence-electron chi connectivity index (χ3n) is 4.19. The molecule has 3 rings (SSSR count). The van der Waals surface area contributed by atoms with Gasteiger partial charge >= 0.3 is 5.97 Å². The van der Waals surface area contributed by atoms with Gasteiger partial charge in [-0.15, -0.1) is 0 Å². The molecule has 33 heavy (non-hydrogen) atoms. The predicted molar refractivity (Wildman–Crippen MR) is 128 cm³/mol. The number of ether oxygens (including phenoxy) is 2. The Hall–Kier alpha value is -2.96. The van der Waals surface area contributed by atoms with Crippen LogP contribution in [-0.4, -0.2) is 45.0 Å². The zero-order valence-corrected chi connectivity index (χ0v) is 20.7. The molecule has 0 fully saturated rings. The molecule has 0 saturated carbocycles. The van der Waals surface area contributed by atoms with Gasteiger partial charge in [0.25, 0.3) is 15.9 Å². The summed E-state index contributed by atoms with van der Waals surface area (Å²) in [5, 5.41) is 2.89. The van der Waals surface area contributed by atoms with Gasteiger partial charge in [-0.25, -0.2) is 18.2 Å². The van der Waals surface area contributed by atoms with Crippen molar-refractivity contribution >= 4 is 60.0 Å². The highest BCUT2D eigenvalue weighted by Crippen LogP contribution is 2.26. The molecule has 0 bridgehead atoms. The lowest BCUT2D eigenvalue weighted by Crippen LogP contribution is -2.30. The molecule has 0 atom stereocenters. The summed E-state index contributed by atoms with van der Waals surface area (Å²) >= 11 is 4.46. The second-order valence-electron chi connectivity index (χ2n) is 6.44. The molecule has 0 saturated heterocycles. The van der Waals surface area contributed by atoms with Crippen LogP contribution in [0.15, 0.2) is 69.5 Å². The van der Waals surface area contributed by atoms with Crippen molar-refractivity contribution in [2.75, 3.05) is 29.4 Å². The third-order valence-corrected chi connectivity index (χ3v) is 7.50. The summed E-state index contributed by atoms with van der Waals surface area (Å²) in [5.41, 5.74) is 0.460. The van der Waals surface area contributed by atoms with Crippen LogP contribution in [0, 0.1) is 0 Å². The predicted octanol–water partition coefficient (Wildman–Crippen LogP) is 3.68. The Morgan fingerprint density at radius 1 is 1.09 bits per heavy atom. The van der Waals surface area contributed by atoms with Crippen LogP contribution in [0.2, 0.25) is 0 Å². The summed E-state index contributed by atoms with van der Waals surface area (Å²) in [6.07, 6.45) is 1.54. The van der Waals surface area contributed by atoms with E-state index in [2.05, 4.69) is 26.2 Å². The summed E-state index contributed by atoms with van der Waals surface area (Å²) in [6.45, 7) is 1.10. The van der Waals surface area contributed by atoms with E-state index in [9.17, 15) is 18.0 Å². The largest absolute Gasteiger partial charge is 0.482 e. The summed E-state index contributed by atoms with van der Waals surface area (Å²) in [5.74, 6) is -0.897. The van der Waals surface area contributed by atoms with Crippen molar-refractivity contribution < 1.29 is 27.5 Å². The molecule has 1 heterocycles. The molecule has 0 spiro atoms. The fourth-order valence-electron chi connectivity index (χ4n) is 2.72. The summed E-state index contributed by atoms with van der Waals surface area (Å²) < 4.78 is 38.1. The molecular formula is C21H20BrN3O6S2. The molecule has 0 aliphatic carbocycles. The van der Waals surface area contributed by atoms with Crippen LogP contribution in [0.3, 0.4) is 0 Å². The van der Waals surface area contributed by atoms with E-state index < -0.39 is 35.1 Å². The lowest BCUT2D eigenvalue weighted by molar-refractivity contribution is -0.149. The minimum absolute atomic E-state index is 0.196. The number of sulfonamides is 1. The normalized spacial score (nSPS) is 11.0. The molecule has 0 unspecified atom stereocenters. The Labute approximate surface area is 203 Å². The number of nitrogens with one attached hydrogen (secondary N) is 1. The van der Waals surface area contributed by atoms with Crippen LogP contribution in [0.1, 0.15) is 6.92 Å². The van der Waals surface area contributed by atoms with Gasteiger partial charge in [0.2, 0.25) is 0 Å². The number of nitrogens with zero attached hydrogens (tertiary/aromatic N) is 2. The Bertz CT molecular complexity index is 1200. The molecule has 2 aromatic carbocycles. The van der Waals surface area contributed by atoms with Crippen LogP contribution < -0.4 is 14.4 Å². The minimum Gasteiger partial charge on any atom is -0.482 e. The summed E-state index contributed by atoms with van der Waals surface area (Å²) in [7, 11) is -3.71. The first-order valence-electron chi connectivity index (χ1n) is 9.67. The molecule has 3 aromatic rings. The smallest absolute Gasteiger partial charge is 0.344 e. The van der Waals surface area contributed by atoms with Gasteiger partial charge in [-0.1, -0.05) is 29.5 Å². The Balaban J connectivity index is 1.51. The number of thiazole rings is 1. The van der Waals surface area contributed by atoms with Crippen molar-refractivity contribution in [3.63, 3.8) is 0 Å². The second-order valence-corrected chi connectivity index (χ2v) is 10.7. The molecule has 1 N–H and O–H groups in total. The van der Waals surface area contributed by atoms with Crippen LogP contribution in [0.25, 0.3) is 0 Å². The quantitative estimate of drug-likeness (QED) is 0.380. The van der Waals surface area contributed by atoms with Gasteiger partial charge in [0.1, 0.15) is 5.75 Å². The monoisotopic (exact) mass is 553 g/mol. The van der Waals surface area contributed by atoms with E-state index >= 15 is 0 Å². The molecule has 0 radical (unpaired) electrons. The maximum absolute atomic E-state index is 12.9. The number of rotatable bonds is 10. The molecule has 1 amide bonds. The maximum atomic E-state index is 12.9. The maximum Gasteiger partial charge on any atom is 0.344 e. The van der Waals surface area contributed by atoms with Gasteiger partial charge in [0, 0.05) is 6.54 Å². The van der Waals surface area contributed by atoms with Crippen molar-refractivity contribution in [1.29, 1.82) is 0 Å². The highest BCUT2D eigenvalue weighted by molar-refractivity contribution is 9.11. The highest BCUT2D eigenvalue weighted by Gasteiger charge is 2.23. The number of carbonyl (C=O) groups is 2. The molecule has 1 aromatic heterocycles. The minimum atomic E-state index is -3.71. The zero-order valence-electron chi connectivity index (χ0n) is 17.4. The SMILES string of the molecule is CCN(c1ccc(OCC(=O)OCC(=O)Nc2ncc(Br)s2)cc1)S(=O)(=O)c1ccccc1. The van der Waals surface area contributed by atoms with E-state index in [1.807, 2.05) is 0 Å². The first-order chi connectivity index (χ1) is 15.8. The van der Waals surface area contributed by atoms with E-state index in [1.165, 1.54) is 27.8 Å². The summed E-state index contributed by atoms with van der Waals surface area (Å²) in [4.78, 5) is 27.8. The van der Waals surface area contributed by atoms with Crippen LogP contribution >= 0.6 is 27.3 Å². The highest BCUT2D eigenvalue weighted by atomic mass is 79.9. The van der Waals surface area contributed by atoms with E-state index in [0.717, 1.165) is 3.79 Å². The molecule has 12 heteroatoms.